The second-order valence-electron chi connectivity index (χ2n) is 4.05. The summed E-state index contributed by atoms with van der Waals surface area (Å²) in [7, 11) is 0. The van der Waals surface area contributed by atoms with Crippen molar-refractivity contribution < 1.29 is 14.7 Å². The Bertz CT molecular complexity index is 589. The van der Waals surface area contributed by atoms with Crippen LogP contribution in [0, 0.1) is 0 Å². The zero-order chi connectivity index (χ0) is 13.1. The fraction of sp³-hybridized carbons (Fsp3) is 0.231. The van der Waals surface area contributed by atoms with Crippen molar-refractivity contribution in [1.29, 1.82) is 0 Å². The van der Waals surface area contributed by atoms with Crippen LogP contribution in [0.25, 0.3) is 10.9 Å². The van der Waals surface area contributed by atoms with E-state index in [1.165, 1.54) is 0 Å². The van der Waals surface area contributed by atoms with Gasteiger partial charge in [0, 0.05) is 22.7 Å². The maximum absolute atomic E-state index is 11.9. The lowest BCUT2D eigenvalue weighted by molar-refractivity contribution is -0.139. The zero-order valence-electron chi connectivity index (χ0n) is 9.93. The molecule has 1 heterocycles. The van der Waals surface area contributed by atoms with Gasteiger partial charge in [0.15, 0.2) is 0 Å². The fourth-order valence-electron chi connectivity index (χ4n) is 1.77. The summed E-state index contributed by atoms with van der Waals surface area (Å²) in [4.78, 5) is 25.8. The van der Waals surface area contributed by atoms with Gasteiger partial charge in [0.2, 0.25) is 0 Å². The Morgan fingerprint density at radius 1 is 1.39 bits per heavy atom. The van der Waals surface area contributed by atoms with Crippen LogP contribution in [0.4, 0.5) is 0 Å². The first-order chi connectivity index (χ1) is 8.61. The second kappa shape index (κ2) is 4.91. The van der Waals surface area contributed by atoms with E-state index in [0.29, 0.717) is 12.0 Å². The monoisotopic (exact) mass is 246 g/mol. The Morgan fingerprint density at radius 3 is 2.83 bits per heavy atom. The summed E-state index contributed by atoms with van der Waals surface area (Å²) in [6, 6.07) is 6.21. The first-order valence-corrected chi connectivity index (χ1v) is 5.72. The summed E-state index contributed by atoms with van der Waals surface area (Å²) in [5, 5.41) is 12.3. The molecule has 0 spiro atoms. The molecule has 2 aromatic rings. The number of carboxylic acids is 1. The number of H-pyrrole nitrogens is 1. The number of carbonyl (C=O) groups excluding carboxylic acids is 1. The Labute approximate surface area is 104 Å². The number of rotatable bonds is 4. The second-order valence-corrected chi connectivity index (χ2v) is 4.05. The van der Waals surface area contributed by atoms with Crippen LogP contribution >= 0.6 is 0 Å². The summed E-state index contributed by atoms with van der Waals surface area (Å²) in [6.07, 6.45) is 2.14. The molecule has 0 bridgehead atoms. The lowest BCUT2D eigenvalue weighted by atomic mass is 10.1. The maximum atomic E-state index is 11.9. The quantitative estimate of drug-likeness (QED) is 0.768. The van der Waals surface area contributed by atoms with E-state index in [1.807, 2.05) is 6.07 Å². The van der Waals surface area contributed by atoms with E-state index in [9.17, 15) is 9.59 Å². The minimum absolute atomic E-state index is 0.355. The van der Waals surface area contributed by atoms with E-state index in [4.69, 9.17) is 5.11 Å². The average Bonchev–Trinajstić information content (AvgIpc) is 2.82. The highest BCUT2D eigenvalue weighted by Gasteiger charge is 2.18. The van der Waals surface area contributed by atoms with Crippen molar-refractivity contribution in [1.82, 2.24) is 10.3 Å². The number of carbonyl (C=O) groups is 2. The molecule has 0 aliphatic carbocycles. The zero-order valence-corrected chi connectivity index (χ0v) is 9.93. The van der Waals surface area contributed by atoms with Gasteiger partial charge in [-0.05, 0) is 30.7 Å². The third-order valence-electron chi connectivity index (χ3n) is 2.83. The lowest BCUT2D eigenvalue weighted by Crippen LogP contribution is -2.40. The molecular weight excluding hydrogens is 232 g/mol. The Morgan fingerprint density at radius 2 is 2.17 bits per heavy atom. The van der Waals surface area contributed by atoms with Gasteiger partial charge in [-0.2, -0.15) is 0 Å². The largest absolute Gasteiger partial charge is 0.480 e. The number of hydrogen-bond acceptors (Lipinski definition) is 2. The molecule has 3 N–H and O–H groups in total. The van der Waals surface area contributed by atoms with Crippen molar-refractivity contribution in [2.75, 3.05) is 0 Å². The highest BCUT2D eigenvalue weighted by Crippen LogP contribution is 2.14. The predicted molar refractivity (Wildman–Crippen MR) is 67.5 cm³/mol. The highest BCUT2D eigenvalue weighted by atomic mass is 16.4. The van der Waals surface area contributed by atoms with Gasteiger partial charge in [-0.3, -0.25) is 4.79 Å². The van der Waals surface area contributed by atoms with Gasteiger partial charge >= 0.3 is 5.97 Å². The number of nitrogens with one attached hydrogen (secondary N) is 2. The van der Waals surface area contributed by atoms with E-state index >= 15 is 0 Å². The predicted octanol–water partition coefficient (Wildman–Crippen LogP) is 1.76. The lowest BCUT2D eigenvalue weighted by Gasteiger charge is -2.12. The highest BCUT2D eigenvalue weighted by molar-refractivity contribution is 5.99. The summed E-state index contributed by atoms with van der Waals surface area (Å²) in [5.74, 6) is -1.39. The molecule has 2 rings (SSSR count). The van der Waals surface area contributed by atoms with Gasteiger partial charge in [0.25, 0.3) is 5.91 Å². The third kappa shape index (κ3) is 2.34. The van der Waals surface area contributed by atoms with E-state index in [-0.39, 0.29) is 5.91 Å². The van der Waals surface area contributed by atoms with Crippen LogP contribution in [-0.4, -0.2) is 28.0 Å². The van der Waals surface area contributed by atoms with Gasteiger partial charge in [0.1, 0.15) is 6.04 Å². The number of fused-ring (bicyclic) bond motifs is 1. The smallest absolute Gasteiger partial charge is 0.326 e. The van der Waals surface area contributed by atoms with E-state index in [0.717, 1.165) is 10.9 Å². The number of amides is 1. The number of aromatic amines is 1. The molecule has 0 fully saturated rings. The van der Waals surface area contributed by atoms with Crippen LogP contribution in [0.15, 0.2) is 30.5 Å². The molecule has 94 valence electrons. The Kier molecular flexibility index (Phi) is 3.32. The number of aromatic nitrogens is 1. The molecule has 0 aliphatic rings. The van der Waals surface area contributed by atoms with Crippen molar-refractivity contribution in [3.63, 3.8) is 0 Å². The summed E-state index contributed by atoms with van der Waals surface area (Å²) < 4.78 is 0. The van der Waals surface area contributed by atoms with Crippen molar-refractivity contribution in [2.24, 2.45) is 0 Å². The molecular formula is C13H14N2O3. The first kappa shape index (κ1) is 12.2. The molecule has 0 saturated heterocycles. The van der Waals surface area contributed by atoms with Crippen LogP contribution in [0.5, 0.6) is 0 Å². The first-order valence-electron chi connectivity index (χ1n) is 5.72. The molecule has 1 aromatic heterocycles. The molecule has 1 aromatic carbocycles. The number of hydrogen-bond donors (Lipinski definition) is 3. The van der Waals surface area contributed by atoms with Gasteiger partial charge in [-0.25, -0.2) is 4.79 Å². The molecule has 18 heavy (non-hydrogen) atoms. The summed E-state index contributed by atoms with van der Waals surface area (Å²) in [5.41, 5.74) is 1.40. The Hall–Kier alpha value is -2.30. The van der Waals surface area contributed by atoms with Crippen LogP contribution in [0.3, 0.4) is 0 Å². The Balaban J connectivity index is 2.19. The molecule has 5 nitrogen and oxygen atoms in total. The molecule has 1 atom stereocenters. The molecule has 0 radical (unpaired) electrons. The molecule has 0 saturated carbocycles. The summed E-state index contributed by atoms with van der Waals surface area (Å²) >= 11 is 0. The normalized spacial score (nSPS) is 12.3. The molecule has 5 heteroatoms. The maximum Gasteiger partial charge on any atom is 0.326 e. The summed E-state index contributed by atoms with van der Waals surface area (Å²) in [6.45, 7) is 1.72. The van der Waals surface area contributed by atoms with Crippen LogP contribution < -0.4 is 5.32 Å². The van der Waals surface area contributed by atoms with Crippen LogP contribution in [0.1, 0.15) is 23.7 Å². The van der Waals surface area contributed by atoms with Crippen LogP contribution in [0.2, 0.25) is 0 Å². The number of benzene rings is 1. The van der Waals surface area contributed by atoms with Gasteiger partial charge < -0.3 is 15.4 Å². The van der Waals surface area contributed by atoms with E-state index in [1.54, 1.807) is 31.3 Å². The van der Waals surface area contributed by atoms with Crippen molar-refractivity contribution in [2.45, 2.75) is 19.4 Å². The van der Waals surface area contributed by atoms with E-state index < -0.39 is 12.0 Å². The number of carboxylic acid groups (broad SMARTS) is 1. The molecule has 1 amide bonds. The standard InChI is InChI=1S/C13H14N2O3/c1-2-10(13(17)18)15-12(16)9-3-4-11-8(7-9)5-6-14-11/h3-7,10,14H,2H2,1H3,(H,15,16)(H,17,18)/t10-/m0/s1. The SMILES string of the molecule is CC[C@H](NC(=O)c1ccc2[nH]ccc2c1)C(=O)O. The van der Waals surface area contributed by atoms with E-state index in [2.05, 4.69) is 10.3 Å². The average molecular weight is 246 g/mol. The topological polar surface area (TPSA) is 82.2 Å². The van der Waals surface area contributed by atoms with Gasteiger partial charge in [-0.1, -0.05) is 6.92 Å². The van der Waals surface area contributed by atoms with Crippen molar-refractivity contribution >= 4 is 22.8 Å². The van der Waals surface area contributed by atoms with Gasteiger partial charge in [0.05, 0.1) is 0 Å². The van der Waals surface area contributed by atoms with Crippen molar-refractivity contribution in [3.8, 4) is 0 Å². The van der Waals surface area contributed by atoms with Gasteiger partial charge in [-0.15, -0.1) is 0 Å². The molecule has 0 unspecified atom stereocenters. The van der Waals surface area contributed by atoms with Crippen molar-refractivity contribution in [3.05, 3.63) is 36.0 Å². The fourth-order valence-corrected chi connectivity index (χ4v) is 1.77. The minimum atomic E-state index is -1.02. The van der Waals surface area contributed by atoms with Crippen LogP contribution in [-0.2, 0) is 4.79 Å². The molecule has 0 aliphatic heterocycles. The minimum Gasteiger partial charge on any atom is -0.480 e. The number of aliphatic carboxylic acids is 1. The third-order valence-corrected chi connectivity index (χ3v) is 2.83.